The Hall–Kier alpha value is -2.14. The molecule has 5 heteroatoms. The number of benzene rings is 2. The van der Waals surface area contributed by atoms with E-state index >= 15 is 0 Å². The number of para-hydroxylation sites is 1. The molecule has 0 unspecified atom stereocenters. The van der Waals surface area contributed by atoms with E-state index in [-0.39, 0.29) is 12.3 Å². The highest BCUT2D eigenvalue weighted by Crippen LogP contribution is 2.20. The molecule has 2 rings (SSSR count). The molecule has 21 heavy (non-hydrogen) atoms. The molecule has 108 valence electrons. The van der Waals surface area contributed by atoms with Gasteiger partial charge in [0.2, 0.25) is 0 Å². The van der Waals surface area contributed by atoms with Gasteiger partial charge in [0, 0.05) is 15.7 Å². The Morgan fingerprint density at radius 1 is 1.19 bits per heavy atom. The normalized spacial score (nSPS) is 10.2. The van der Waals surface area contributed by atoms with Gasteiger partial charge in [-0.15, -0.1) is 0 Å². The molecule has 0 aliphatic rings. The molecular weight excluding hydrogens is 334 g/mol. The lowest BCUT2D eigenvalue weighted by molar-refractivity contribution is -0.136. The highest BCUT2D eigenvalue weighted by atomic mass is 79.9. The maximum atomic E-state index is 12.3. The lowest BCUT2D eigenvalue weighted by Crippen LogP contribution is -2.15. The third-order valence-electron chi connectivity index (χ3n) is 3.04. The van der Waals surface area contributed by atoms with E-state index in [4.69, 9.17) is 5.11 Å². The molecule has 0 aliphatic heterocycles. The fraction of sp³-hybridized carbons (Fsp3) is 0.125. The Balaban J connectivity index is 2.25. The first-order valence-corrected chi connectivity index (χ1v) is 7.14. The summed E-state index contributed by atoms with van der Waals surface area (Å²) in [5, 5.41) is 11.7. The van der Waals surface area contributed by atoms with Crippen molar-refractivity contribution < 1.29 is 14.7 Å². The molecule has 0 fully saturated rings. The van der Waals surface area contributed by atoms with E-state index in [1.54, 1.807) is 36.4 Å². The average molecular weight is 348 g/mol. The smallest absolute Gasteiger partial charge is 0.307 e. The summed E-state index contributed by atoms with van der Waals surface area (Å²) in [5.74, 6) is -1.19. The van der Waals surface area contributed by atoms with Crippen molar-refractivity contribution in [3.05, 3.63) is 63.6 Å². The van der Waals surface area contributed by atoms with Crippen LogP contribution in [0, 0.1) is 6.92 Å². The molecule has 0 atom stereocenters. The summed E-state index contributed by atoms with van der Waals surface area (Å²) in [5.41, 5.74) is 2.50. The molecule has 2 aromatic rings. The van der Waals surface area contributed by atoms with Crippen molar-refractivity contribution in [1.29, 1.82) is 0 Å². The fourth-order valence-electron chi connectivity index (χ4n) is 2.03. The minimum absolute atomic E-state index is 0.129. The van der Waals surface area contributed by atoms with Crippen LogP contribution in [-0.2, 0) is 11.2 Å². The monoisotopic (exact) mass is 347 g/mol. The number of carboxylic acids is 1. The highest BCUT2D eigenvalue weighted by molar-refractivity contribution is 9.10. The summed E-state index contributed by atoms with van der Waals surface area (Å²) < 4.78 is 0.905. The standard InChI is InChI=1S/C16H14BrNO3/c1-10-8-12(17)6-7-13(10)16(21)18-14-5-3-2-4-11(14)9-15(19)20/h2-8H,9H2,1H3,(H,18,21)(H,19,20). The molecule has 0 radical (unpaired) electrons. The Kier molecular flexibility index (Phi) is 4.75. The SMILES string of the molecule is Cc1cc(Br)ccc1C(=O)Nc1ccccc1CC(=O)O. The van der Waals surface area contributed by atoms with Crippen LogP contribution < -0.4 is 5.32 Å². The number of aliphatic carboxylic acids is 1. The predicted molar refractivity (Wildman–Crippen MR) is 84.6 cm³/mol. The number of carboxylic acid groups (broad SMARTS) is 1. The number of carbonyl (C=O) groups is 2. The summed E-state index contributed by atoms with van der Waals surface area (Å²) in [7, 11) is 0. The topological polar surface area (TPSA) is 66.4 Å². The molecule has 0 bridgehead atoms. The molecule has 1 amide bonds. The van der Waals surface area contributed by atoms with Gasteiger partial charge in [-0.05, 0) is 42.3 Å². The predicted octanol–water partition coefficient (Wildman–Crippen LogP) is 3.64. The van der Waals surface area contributed by atoms with Crippen molar-refractivity contribution in [2.75, 3.05) is 5.32 Å². The third-order valence-corrected chi connectivity index (χ3v) is 3.53. The first-order chi connectivity index (χ1) is 9.97. The van der Waals surface area contributed by atoms with Crippen molar-refractivity contribution in [2.45, 2.75) is 13.3 Å². The van der Waals surface area contributed by atoms with Gasteiger partial charge in [0.15, 0.2) is 0 Å². The van der Waals surface area contributed by atoms with Crippen LogP contribution in [0.1, 0.15) is 21.5 Å². The Morgan fingerprint density at radius 3 is 2.57 bits per heavy atom. The highest BCUT2D eigenvalue weighted by Gasteiger charge is 2.12. The number of hydrogen-bond donors (Lipinski definition) is 2. The average Bonchev–Trinajstić information content (AvgIpc) is 2.40. The zero-order chi connectivity index (χ0) is 15.4. The lowest BCUT2D eigenvalue weighted by atomic mass is 10.1. The van der Waals surface area contributed by atoms with E-state index in [1.165, 1.54) is 0 Å². The number of halogens is 1. The van der Waals surface area contributed by atoms with E-state index < -0.39 is 5.97 Å². The maximum Gasteiger partial charge on any atom is 0.307 e. The van der Waals surface area contributed by atoms with Gasteiger partial charge in [-0.1, -0.05) is 34.1 Å². The number of rotatable bonds is 4. The van der Waals surface area contributed by atoms with Gasteiger partial charge >= 0.3 is 5.97 Å². The van der Waals surface area contributed by atoms with E-state index in [0.717, 1.165) is 10.0 Å². The van der Waals surface area contributed by atoms with Crippen LogP contribution in [0.2, 0.25) is 0 Å². The number of hydrogen-bond acceptors (Lipinski definition) is 2. The second-order valence-corrected chi connectivity index (χ2v) is 5.56. The molecule has 2 N–H and O–H groups in total. The summed E-state index contributed by atoms with van der Waals surface area (Å²) in [6, 6.07) is 12.3. The van der Waals surface area contributed by atoms with Crippen LogP contribution in [-0.4, -0.2) is 17.0 Å². The second-order valence-electron chi connectivity index (χ2n) is 4.64. The Morgan fingerprint density at radius 2 is 1.90 bits per heavy atom. The molecular formula is C16H14BrNO3. The van der Waals surface area contributed by atoms with Crippen LogP contribution in [0.15, 0.2) is 46.9 Å². The van der Waals surface area contributed by atoms with Gasteiger partial charge in [0.25, 0.3) is 5.91 Å². The van der Waals surface area contributed by atoms with Gasteiger partial charge in [-0.3, -0.25) is 9.59 Å². The number of aryl methyl sites for hydroxylation is 1. The van der Waals surface area contributed by atoms with E-state index in [2.05, 4.69) is 21.2 Å². The second kappa shape index (κ2) is 6.54. The van der Waals surface area contributed by atoms with Gasteiger partial charge < -0.3 is 10.4 Å². The van der Waals surface area contributed by atoms with E-state index in [0.29, 0.717) is 16.8 Å². The molecule has 0 saturated carbocycles. The fourth-order valence-corrected chi connectivity index (χ4v) is 2.51. The maximum absolute atomic E-state index is 12.3. The first kappa shape index (κ1) is 15.3. The Labute approximate surface area is 130 Å². The van der Waals surface area contributed by atoms with Crippen molar-refractivity contribution in [3.8, 4) is 0 Å². The number of anilines is 1. The third kappa shape index (κ3) is 3.92. The molecule has 0 heterocycles. The van der Waals surface area contributed by atoms with Crippen molar-refractivity contribution in [2.24, 2.45) is 0 Å². The molecule has 0 saturated heterocycles. The summed E-state index contributed by atoms with van der Waals surface area (Å²) in [6.45, 7) is 1.85. The van der Waals surface area contributed by atoms with Gasteiger partial charge in [-0.2, -0.15) is 0 Å². The molecule has 0 aromatic heterocycles. The molecule has 0 spiro atoms. The molecule has 2 aromatic carbocycles. The zero-order valence-corrected chi connectivity index (χ0v) is 13.0. The van der Waals surface area contributed by atoms with Crippen molar-refractivity contribution >= 4 is 33.5 Å². The summed E-state index contributed by atoms with van der Waals surface area (Å²) in [4.78, 5) is 23.2. The first-order valence-electron chi connectivity index (χ1n) is 6.34. The van der Waals surface area contributed by atoms with Gasteiger partial charge in [0.05, 0.1) is 6.42 Å². The summed E-state index contributed by atoms with van der Waals surface area (Å²) in [6.07, 6.45) is -0.129. The van der Waals surface area contributed by atoms with E-state index in [9.17, 15) is 9.59 Å². The van der Waals surface area contributed by atoms with E-state index in [1.807, 2.05) is 13.0 Å². The largest absolute Gasteiger partial charge is 0.481 e. The molecule has 0 aliphatic carbocycles. The van der Waals surface area contributed by atoms with Gasteiger partial charge in [-0.25, -0.2) is 0 Å². The number of nitrogens with one attached hydrogen (secondary N) is 1. The quantitative estimate of drug-likeness (QED) is 0.887. The minimum Gasteiger partial charge on any atom is -0.481 e. The van der Waals surface area contributed by atoms with Crippen molar-refractivity contribution in [3.63, 3.8) is 0 Å². The van der Waals surface area contributed by atoms with Crippen LogP contribution in [0.5, 0.6) is 0 Å². The number of amides is 1. The Bertz CT molecular complexity index is 698. The zero-order valence-electron chi connectivity index (χ0n) is 11.4. The molecule has 4 nitrogen and oxygen atoms in total. The van der Waals surface area contributed by atoms with Crippen LogP contribution in [0.25, 0.3) is 0 Å². The lowest BCUT2D eigenvalue weighted by Gasteiger charge is -2.11. The number of carbonyl (C=O) groups excluding carboxylic acids is 1. The van der Waals surface area contributed by atoms with Crippen molar-refractivity contribution in [1.82, 2.24) is 0 Å². The summed E-state index contributed by atoms with van der Waals surface area (Å²) >= 11 is 3.35. The minimum atomic E-state index is -0.934. The van der Waals surface area contributed by atoms with Crippen LogP contribution >= 0.6 is 15.9 Å². The van der Waals surface area contributed by atoms with Crippen LogP contribution in [0.4, 0.5) is 5.69 Å². The van der Waals surface area contributed by atoms with Crippen LogP contribution in [0.3, 0.4) is 0 Å². The van der Waals surface area contributed by atoms with Gasteiger partial charge in [0.1, 0.15) is 0 Å².